The Kier molecular flexibility index (Phi) is 8.69. The van der Waals surface area contributed by atoms with Crippen molar-refractivity contribution in [3.8, 4) is 17.0 Å². The van der Waals surface area contributed by atoms with Gasteiger partial charge in [-0.15, -0.1) is 0 Å². The van der Waals surface area contributed by atoms with E-state index in [0.29, 0.717) is 36.7 Å². The summed E-state index contributed by atoms with van der Waals surface area (Å²) < 4.78 is 60.2. The highest BCUT2D eigenvalue weighted by molar-refractivity contribution is 5.97. The van der Waals surface area contributed by atoms with E-state index in [2.05, 4.69) is 4.98 Å². The van der Waals surface area contributed by atoms with Crippen molar-refractivity contribution >= 4 is 11.9 Å². The third kappa shape index (κ3) is 6.72. The van der Waals surface area contributed by atoms with Gasteiger partial charge in [0, 0.05) is 37.3 Å². The first-order valence-corrected chi connectivity index (χ1v) is 13.1. The second kappa shape index (κ2) is 11.7. The Hall–Kier alpha value is -3.25. The van der Waals surface area contributed by atoms with Crippen LogP contribution in [0.2, 0.25) is 0 Å². The van der Waals surface area contributed by atoms with E-state index in [1.807, 2.05) is 4.90 Å². The summed E-state index contributed by atoms with van der Waals surface area (Å²) in [4.78, 5) is 31.3. The number of amides is 1. The number of nitrogens with zero attached hydrogens (tertiary/aromatic N) is 3. The molecule has 0 radical (unpaired) electrons. The highest BCUT2D eigenvalue weighted by Crippen LogP contribution is 2.38. The lowest BCUT2D eigenvalue weighted by Gasteiger charge is -2.38. The Morgan fingerprint density at radius 1 is 1.10 bits per heavy atom. The molecule has 1 aromatic heterocycles. The molecule has 2 N–H and O–H groups in total. The molecule has 1 aromatic carbocycles. The number of carboxylic acid groups (broad SMARTS) is 1. The molecule has 0 bridgehead atoms. The molecule has 3 heterocycles. The van der Waals surface area contributed by atoms with Crippen molar-refractivity contribution in [2.45, 2.75) is 51.4 Å². The molecule has 12 heteroatoms. The van der Waals surface area contributed by atoms with Crippen molar-refractivity contribution in [3.05, 3.63) is 47.9 Å². The maximum Gasteiger partial charge on any atom is 0.395 e. The SMILES string of the molecule is CC(C)(CN1CCC(COc2ccc(-c3ccc(C(=O)N4C[C@H](O)C[C@H]4C(=O)O)c(F)c3)cn2)CC1)C(F)(F)F. The van der Waals surface area contributed by atoms with Crippen LogP contribution in [0, 0.1) is 17.2 Å². The number of benzene rings is 1. The highest BCUT2D eigenvalue weighted by atomic mass is 19.4. The number of carboxylic acids is 1. The number of alkyl halides is 3. The van der Waals surface area contributed by atoms with Gasteiger partial charge in [0.15, 0.2) is 0 Å². The van der Waals surface area contributed by atoms with E-state index in [-0.39, 0.29) is 31.0 Å². The molecule has 2 atom stereocenters. The molecule has 2 aliphatic rings. The van der Waals surface area contributed by atoms with Gasteiger partial charge in [0.1, 0.15) is 11.9 Å². The molecule has 218 valence electrons. The second-order valence-corrected chi connectivity index (χ2v) is 11.2. The molecule has 2 aliphatic heterocycles. The van der Waals surface area contributed by atoms with E-state index in [4.69, 9.17) is 4.74 Å². The molecule has 2 fully saturated rings. The summed E-state index contributed by atoms with van der Waals surface area (Å²) >= 11 is 0. The number of piperidine rings is 1. The van der Waals surface area contributed by atoms with E-state index in [9.17, 15) is 37.4 Å². The Morgan fingerprint density at radius 2 is 1.77 bits per heavy atom. The van der Waals surface area contributed by atoms with Gasteiger partial charge >= 0.3 is 12.1 Å². The third-order valence-electron chi connectivity index (χ3n) is 7.65. The topological polar surface area (TPSA) is 103 Å². The van der Waals surface area contributed by atoms with Crippen molar-refractivity contribution in [1.29, 1.82) is 0 Å². The molecule has 40 heavy (non-hydrogen) atoms. The zero-order valence-corrected chi connectivity index (χ0v) is 22.3. The first kappa shape index (κ1) is 29.7. The summed E-state index contributed by atoms with van der Waals surface area (Å²) in [6.45, 7) is 3.74. The molecule has 2 aromatic rings. The third-order valence-corrected chi connectivity index (χ3v) is 7.65. The van der Waals surface area contributed by atoms with Gasteiger partial charge in [-0.3, -0.25) is 4.79 Å². The average molecular weight is 568 g/mol. The minimum atomic E-state index is -4.25. The zero-order chi connectivity index (χ0) is 29.2. The van der Waals surface area contributed by atoms with Gasteiger partial charge in [0.2, 0.25) is 5.88 Å². The number of pyridine rings is 1. The van der Waals surface area contributed by atoms with Gasteiger partial charge in [0.25, 0.3) is 5.91 Å². The molecule has 8 nitrogen and oxygen atoms in total. The number of hydrogen-bond acceptors (Lipinski definition) is 6. The van der Waals surface area contributed by atoms with Gasteiger partial charge in [0.05, 0.1) is 23.7 Å². The van der Waals surface area contributed by atoms with Crippen LogP contribution in [0.25, 0.3) is 11.1 Å². The van der Waals surface area contributed by atoms with E-state index in [1.165, 1.54) is 38.2 Å². The molecule has 0 aliphatic carbocycles. The lowest BCUT2D eigenvalue weighted by Crippen LogP contribution is -2.46. The monoisotopic (exact) mass is 567 g/mol. The minimum Gasteiger partial charge on any atom is -0.480 e. The van der Waals surface area contributed by atoms with Crippen LogP contribution in [0.1, 0.15) is 43.5 Å². The Morgan fingerprint density at radius 3 is 2.35 bits per heavy atom. The summed E-state index contributed by atoms with van der Waals surface area (Å²) in [5.41, 5.74) is -1.02. The van der Waals surface area contributed by atoms with Crippen LogP contribution in [0.5, 0.6) is 5.88 Å². The number of aliphatic hydroxyl groups is 1. The van der Waals surface area contributed by atoms with Gasteiger partial charge in [-0.05, 0) is 69.5 Å². The molecular formula is C28H33F4N3O5. The second-order valence-electron chi connectivity index (χ2n) is 11.2. The van der Waals surface area contributed by atoms with E-state index >= 15 is 0 Å². The first-order valence-electron chi connectivity index (χ1n) is 13.1. The van der Waals surface area contributed by atoms with Crippen LogP contribution in [0.15, 0.2) is 36.5 Å². The number of aliphatic hydroxyl groups excluding tert-OH is 1. The summed E-state index contributed by atoms with van der Waals surface area (Å²) in [5, 5.41) is 19.1. The normalized spacial score (nSPS) is 21.0. The predicted octanol–water partition coefficient (Wildman–Crippen LogP) is 4.23. The van der Waals surface area contributed by atoms with Crippen molar-refractivity contribution in [1.82, 2.24) is 14.8 Å². The number of hydrogen-bond donors (Lipinski definition) is 2. The van der Waals surface area contributed by atoms with Crippen LogP contribution in [-0.4, -0.2) is 88.0 Å². The number of rotatable bonds is 8. The molecule has 2 saturated heterocycles. The molecule has 0 unspecified atom stereocenters. The lowest BCUT2D eigenvalue weighted by atomic mass is 9.89. The number of carbonyl (C=O) groups is 2. The number of β-amino-alcohol motifs (C(OH)–C–C–N with tert-alkyl or cyclic N) is 1. The molecule has 4 rings (SSSR count). The standard InChI is InChI=1S/C28H33F4N3O5/c1-27(2,28(30,31)32)16-34-9-7-17(8-10-34)15-40-24-6-4-19(13-33-24)18-3-5-21(22(29)11-18)25(37)35-14-20(36)12-23(35)26(38)39/h3-6,11,13,17,20,23,36H,7-10,12,14-16H2,1-2H3,(H,38,39)/t20-,23+/m1/s1. The molecule has 1 amide bonds. The number of ether oxygens (including phenoxy) is 1. The number of aromatic nitrogens is 1. The van der Waals surface area contributed by atoms with Crippen LogP contribution in [0.4, 0.5) is 17.6 Å². The van der Waals surface area contributed by atoms with Crippen molar-refractivity contribution in [2.75, 3.05) is 32.8 Å². The van der Waals surface area contributed by atoms with Crippen LogP contribution in [0.3, 0.4) is 0 Å². The fourth-order valence-corrected chi connectivity index (χ4v) is 5.09. The Balaban J connectivity index is 1.30. The maximum atomic E-state index is 14.9. The van der Waals surface area contributed by atoms with Crippen LogP contribution >= 0.6 is 0 Å². The molecule has 0 saturated carbocycles. The predicted molar refractivity (Wildman–Crippen MR) is 137 cm³/mol. The van der Waals surface area contributed by atoms with Crippen molar-refractivity contribution in [3.63, 3.8) is 0 Å². The number of halogens is 4. The fraction of sp³-hybridized carbons (Fsp3) is 0.536. The Labute approximate surface area is 229 Å². The fourth-order valence-electron chi connectivity index (χ4n) is 5.09. The summed E-state index contributed by atoms with van der Waals surface area (Å²) in [7, 11) is 0. The minimum absolute atomic E-state index is 0.0347. The van der Waals surface area contributed by atoms with Crippen molar-refractivity contribution < 1.29 is 42.1 Å². The molecular weight excluding hydrogens is 534 g/mol. The van der Waals surface area contributed by atoms with Gasteiger partial charge in [-0.2, -0.15) is 13.2 Å². The van der Waals surface area contributed by atoms with E-state index in [1.54, 1.807) is 12.1 Å². The highest BCUT2D eigenvalue weighted by Gasteiger charge is 2.48. The summed E-state index contributed by atoms with van der Waals surface area (Å²) in [6.07, 6.45) is -2.40. The van der Waals surface area contributed by atoms with Gasteiger partial charge < -0.3 is 24.7 Å². The lowest BCUT2D eigenvalue weighted by molar-refractivity contribution is -0.217. The maximum absolute atomic E-state index is 14.9. The van der Waals surface area contributed by atoms with Gasteiger partial charge in [-0.25, -0.2) is 14.2 Å². The summed E-state index contributed by atoms with van der Waals surface area (Å²) in [5.74, 6) is -2.32. The van der Waals surface area contributed by atoms with E-state index in [0.717, 1.165) is 17.7 Å². The number of aliphatic carboxylic acids is 1. The Bertz CT molecular complexity index is 1210. The smallest absolute Gasteiger partial charge is 0.395 e. The van der Waals surface area contributed by atoms with Crippen LogP contribution in [-0.2, 0) is 4.79 Å². The number of carbonyl (C=O) groups excluding carboxylic acids is 1. The zero-order valence-electron chi connectivity index (χ0n) is 22.3. The van der Waals surface area contributed by atoms with E-state index < -0.39 is 41.4 Å². The summed E-state index contributed by atoms with van der Waals surface area (Å²) in [6, 6.07) is 6.09. The van der Waals surface area contributed by atoms with Crippen LogP contribution < -0.4 is 4.74 Å². The van der Waals surface area contributed by atoms with Crippen molar-refractivity contribution in [2.24, 2.45) is 11.3 Å². The first-order chi connectivity index (χ1) is 18.7. The number of likely N-dealkylation sites (tertiary alicyclic amines) is 2. The molecule has 0 spiro atoms. The largest absolute Gasteiger partial charge is 0.480 e. The van der Waals surface area contributed by atoms with Gasteiger partial charge in [-0.1, -0.05) is 6.07 Å². The quantitative estimate of drug-likeness (QED) is 0.461. The average Bonchev–Trinajstić information content (AvgIpc) is 3.29.